The molecular weight excluding hydrogens is 368 g/mol. The van der Waals surface area contributed by atoms with Gasteiger partial charge in [-0.25, -0.2) is 4.98 Å². The van der Waals surface area contributed by atoms with Gasteiger partial charge in [0.2, 0.25) is 5.91 Å². The molecule has 0 radical (unpaired) electrons. The van der Waals surface area contributed by atoms with Crippen molar-refractivity contribution < 1.29 is 4.79 Å². The summed E-state index contributed by atoms with van der Waals surface area (Å²) in [6.07, 6.45) is 4.67. The molecule has 26 heavy (non-hydrogen) atoms. The summed E-state index contributed by atoms with van der Waals surface area (Å²) >= 11 is 2.81. The van der Waals surface area contributed by atoms with Crippen LogP contribution in [0.4, 0.5) is 0 Å². The average Bonchev–Trinajstić information content (AvgIpc) is 2.98. The molecule has 2 heterocycles. The fourth-order valence-corrected chi connectivity index (χ4v) is 5.39. The summed E-state index contributed by atoms with van der Waals surface area (Å²) in [6.45, 7) is 6.29. The number of nitrogens with one attached hydrogen (secondary N) is 1. The number of nitrogens with zero attached hydrogens (tertiary/aromatic N) is 3. The maximum Gasteiger partial charge on any atom is 0.263 e. The van der Waals surface area contributed by atoms with Crippen molar-refractivity contribution >= 4 is 39.2 Å². The Kier molecular flexibility index (Phi) is 5.79. The van der Waals surface area contributed by atoms with Gasteiger partial charge >= 0.3 is 0 Å². The van der Waals surface area contributed by atoms with Crippen LogP contribution < -0.4 is 10.9 Å². The number of thioether (sulfide) groups is 1. The molecule has 136 valence electrons. The van der Waals surface area contributed by atoms with Crippen LogP contribution in [-0.2, 0) is 24.2 Å². The molecule has 0 aliphatic heterocycles. The van der Waals surface area contributed by atoms with E-state index in [1.54, 1.807) is 22.0 Å². The molecule has 1 atom stereocenters. The van der Waals surface area contributed by atoms with Crippen LogP contribution in [0, 0.1) is 17.2 Å². The van der Waals surface area contributed by atoms with E-state index in [0.29, 0.717) is 17.6 Å². The first-order chi connectivity index (χ1) is 12.5. The Labute approximate surface area is 159 Å². The number of rotatable bonds is 6. The molecule has 8 heteroatoms. The number of allylic oxidation sites excluding steroid dienone is 1. The van der Waals surface area contributed by atoms with Crippen LogP contribution in [0.3, 0.4) is 0 Å². The van der Waals surface area contributed by atoms with E-state index in [0.717, 1.165) is 35.0 Å². The van der Waals surface area contributed by atoms with E-state index in [1.165, 1.54) is 16.6 Å². The minimum Gasteiger partial charge on any atom is -0.342 e. The van der Waals surface area contributed by atoms with Gasteiger partial charge in [0.1, 0.15) is 11.4 Å². The third-order valence-corrected chi connectivity index (χ3v) is 6.51. The lowest BCUT2D eigenvalue weighted by atomic mass is 9.89. The maximum atomic E-state index is 13.1. The topological polar surface area (TPSA) is 87.8 Å². The maximum absolute atomic E-state index is 13.1. The number of fused-ring (bicyclic) bond motifs is 3. The Morgan fingerprint density at radius 2 is 2.42 bits per heavy atom. The van der Waals surface area contributed by atoms with E-state index in [-0.39, 0.29) is 23.8 Å². The monoisotopic (exact) mass is 388 g/mol. The van der Waals surface area contributed by atoms with Gasteiger partial charge < -0.3 is 5.32 Å². The van der Waals surface area contributed by atoms with Crippen LogP contribution in [0.25, 0.3) is 10.2 Å². The van der Waals surface area contributed by atoms with Crippen molar-refractivity contribution in [1.29, 1.82) is 5.26 Å². The summed E-state index contributed by atoms with van der Waals surface area (Å²) in [6, 6.07) is 1.87. The normalized spacial score (nSPS) is 16.1. The molecule has 1 aliphatic rings. The van der Waals surface area contributed by atoms with Crippen LogP contribution >= 0.6 is 23.1 Å². The second-order valence-corrected chi connectivity index (χ2v) is 8.38. The van der Waals surface area contributed by atoms with Crippen LogP contribution in [0.15, 0.2) is 22.6 Å². The Morgan fingerprint density at radius 3 is 3.15 bits per heavy atom. The number of hydrogen-bond acceptors (Lipinski definition) is 6. The minimum absolute atomic E-state index is 0.0266. The predicted molar refractivity (Wildman–Crippen MR) is 105 cm³/mol. The second-order valence-electron chi connectivity index (χ2n) is 6.35. The van der Waals surface area contributed by atoms with Gasteiger partial charge in [-0.1, -0.05) is 24.8 Å². The number of carbonyl (C=O) groups is 1. The van der Waals surface area contributed by atoms with E-state index < -0.39 is 0 Å². The van der Waals surface area contributed by atoms with E-state index >= 15 is 0 Å². The largest absolute Gasteiger partial charge is 0.342 e. The Hall–Kier alpha value is -2.11. The molecule has 2 aromatic rings. The molecule has 1 amide bonds. The van der Waals surface area contributed by atoms with E-state index in [4.69, 9.17) is 5.26 Å². The summed E-state index contributed by atoms with van der Waals surface area (Å²) in [7, 11) is 0. The Balaban J connectivity index is 1.99. The molecule has 0 spiro atoms. The van der Waals surface area contributed by atoms with Crippen LogP contribution in [0.1, 0.15) is 23.8 Å². The smallest absolute Gasteiger partial charge is 0.263 e. The quantitative estimate of drug-likeness (QED) is 0.355. The first kappa shape index (κ1) is 18.7. The fraction of sp³-hybridized carbons (Fsp3) is 0.444. The first-order valence-corrected chi connectivity index (χ1v) is 10.3. The zero-order valence-electron chi connectivity index (χ0n) is 14.6. The molecular formula is C18H20N4O2S2. The summed E-state index contributed by atoms with van der Waals surface area (Å²) in [5.74, 6) is 0.484. The van der Waals surface area contributed by atoms with Crippen molar-refractivity contribution in [2.24, 2.45) is 5.92 Å². The number of carbonyl (C=O) groups excluding carboxylic acids is 1. The van der Waals surface area contributed by atoms with Gasteiger partial charge in [-0.3, -0.25) is 14.2 Å². The van der Waals surface area contributed by atoms with Crippen molar-refractivity contribution in [3.8, 4) is 6.07 Å². The summed E-state index contributed by atoms with van der Waals surface area (Å²) in [4.78, 5) is 31.6. The van der Waals surface area contributed by atoms with Crippen LogP contribution in [0.2, 0.25) is 0 Å². The zero-order chi connectivity index (χ0) is 18.7. The lowest BCUT2D eigenvalue weighted by Crippen LogP contribution is -2.27. The van der Waals surface area contributed by atoms with Gasteiger partial charge in [0.25, 0.3) is 5.56 Å². The number of hydrogen-bond donors (Lipinski definition) is 1. The predicted octanol–water partition coefficient (Wildman–Crippen LogP) is 2.50. The average molecular weight is 389 g/mol. The molecule has 0 aromatic carbocycles. The minimum atomic E-state index is -0.254. The molecule has 0 saturated heterocycles. The van der Waals surface area contributed by atoms with Gasteiger partial charge in [-0.05, 0) is 30.7 Å². The lowest BCUT2D eigenvalue weighted by Gasteiger charge is -2.17. The SMILES string of the molecule is C=CCn1c(SCC(=O)NCC#N)nc2sc3c(c2c1=O)CCC(C)C3. The molecule has 3 rings (SSSR count). The highest BCUT2D eigenvalue weighted by Gasteiger charge is 2.24. The van der Waals surface area contributed by atoms with Crippen molar-refractivity contribution in [2.45, 2.75) is 37.9 Å². The van der Waals surface area contributed by atoms with Gasteiger partial charge in [0.15, 0.2) is 5.16 Å². The lowest BCUT2D eigenvalue weighted by molar-refractivity contribution is -0.118. The molecule has 0 bridgehead atoms. The van der Waals surface area contributed by atoms with E-state index in [9.17, 15) is 9.59 Å². The molecule has 1 aliphatic carbocycles. The fourth-order valence-electron chi connectivity index (χ4n) is 3.12. The highest BCUT2D eigenvalue weighted by Crippen LogP contribution is 2.36. The van der Waals surface area contributed by atoms with Crippen molar-refractivity contribution in [3.63, 3.8) is 0 Å². The zero-order valence-corrected chi connectivity index (χ0v) is 16.2. The van der Waals surface area contributed by atoms with E-state index in [2.05, 4.69) is 23.8 Å². The first-order valence-electron chi connectivity index (χ1n) is 8.47. The molecule has 6 nitrogen and oxygen atoms in total. The number of amides is 1. The second kappa shape index (κ2) is 8.06. The molecule has 1 N–H and O–H groups in total. The third-order valence-electron chi connectivity index (χ3n) is 4.39. The van der Waals surface area contributed by atoms with Crippen molar-refractivity contribution in [1.82, 2.24) is 14.9 Å². The Bertz CT molecular complexity index is 955. The summed E-state index contributed by atoms with van der Waals surface area (Å²) < 4.78 is 1.59. The van der Waals surface area contributed by atoms with Gasteiger partial charge in [-0.2, -0.15) is 5.26 Å². The third kappa shape index (κ3) is 3.69. The highest BCUT2D eigenvalue weighted by atomic mass is 32.2. The molecule has 2 aromatic heterocycles. The highest BCUT2D eigenvalue weighted by molar-refractivity contribution is 7.99. The number of aryl methyl sites for hydroxylation is 1. The van der Waals surface area contributed by atoms with Gasteiger partial charge in [-0.15, -0.1) is 17.9 Å². The van der Waals surface area contributed by atoms with Crippen molar-refractivity contribution in [2.75, 3.05) is 12.3 Å². The summed E-state index contributed by atoms with van der Waals surface area (Å²) in [5.41, 5.74) is 1.10. The number of thiophene rings is 1. The van der Waals surface area contributed by atoms with Gasteiger partial charge in [0.05, 0.1) is 17.2 Å². The molecule has 1 unspecified atom stereocenters. The number of nitriles is 1. The van der Waals surface area contributed by atoms with E-state index in [1.807, 2.05) is 6.07 Å². The summed E-state index contributed by atoms with van der Waals surface area (Å²) in [5, 5.41) is 12.3. The van der Waals surface area contributed by atoms with Crippen LogP contribution in [-0.4, -0.2) is 27.8 Å². The van der Waals surface area contributed by atoms with Crippen LogP contribution in [0.5, 0.6) is 0 Å². The molecule has 0 fully saturated rings. The standard InChI is InChI=1S/C18H20N4O2S2/c1-3-8-22-17(24)15-12-5-4-11(2)9-13(12)26-16(15)21-18(22)25-10-14(23)20-7-6-19/h3,11H,1,4-5,7-10H2,2H3,(H,20,23). The van der Waals surface area contributed by atoms with Crippen molar-refractivity contribution in [3.05, 3.63) is 33.4 Å². The van der Waals surface area contributed by atoms with Gasteiger partial charge in [0, 0.05) is 11.4 Å². The number of aromatic nitrogens is 2. The molecule has 0 saturated carbocycles. The Morgan fingerprint density at radius 1 is 1.62 bits per heavy atom.